The van der Waals surface area contributed by atoms with Gasteiger partial charge in [0.05, 0.1) is 5.41 Å². The number of carboxylic acids is 1. The number of rotatable bonds is 2. The zero-order valence-electron chi connectivity index (χ0n) is 11.1. The van der Waals surface area contributed by atoms with Crippen LogP contribution in [0.3, 0.4) is 0 Å². The molecule has 1 aromatic rings. The van der Waals surface area contributed by atoms with Crippen LogP contribution in [0, 0.1) is 6.92 Å². The number of aliphatic carboxylic acids is 1. The number of hydrogen-bond acceptors (Lipinski definition) is 2. The van der Waals surface area contributed by atoms with Crippen molar-refractivity contribution < 1.29 is 9.90 Å². The maximum absolute atomic E-state index is 11.8. The lowest BCUT2D eigenvalue weighted by Crippen LogP contribution is -2.36. The molecule has 3 heteroatoms. The van der Waals surface area contributed by atoms with Gasteiger partial charge in [-0.25, -0.2) is 0 Å². The topological polar surface area (TPSA) is 40.5 Å². The fourth-order valence-corrected chi connectivity index (χ4v) is 2.77. The number of carboxylic acid groups (broad SMARTS) is 1. The van der Waals surface area contributed by atoms with Crippen molar-refractivity contribution in [2.24, 2.45) is 0 Å². The first-order valence-corrected chi connectivity index (χ1v) is 6.54. The Morgan fingerprint density at radius 3 is 2.50 bits per heavy atom. The maximum atomic E-state index is 11.8. The molecule has 1 saturated heterocycles. The molecule has 1 heterocycles. The minimum Gasteiger partial charge on any atom is -0.481 e. The molecule has 0 aliphatic carbocycles. The second-order valence-electron chi connectivity index (χ2n) is 5.41. The van der Waals surface area contributed by atoms with Crippen molar-refractivity contribution in [2.75, 3.05) is 20.1 Å². The molecule has 1 unspecified atom stereocenters. The van der Waals surface area contributed by atoms with E-state index in [-0.39, 0.29) is 0 Å². The van der Waals surface area contributed by atoms with Crippen LogP contribution >= 0.6 is 0 Å². The molecular weight excluding hydrogens is 226 g/mol. The zero-order chi connectivity index (χ0) is 13.2. The second kappa shape index (κ2) is 5.11. The largest absolute Gasteiger partial charge is 0.481 e. The number of benzene rings is 1. The average molecular weight is 247 g/mol. The Bertz CT molecular complexity index is 427. The molecular formula is C15H21NO2. The number of aryl methyl sites for hydroxylation is 1. The summed E-state index contributed by atoms with van der Waals surface area (Å²) in [6.45, 7) is 3.86. The van der Waals surface area contributed by atoms with Crippen LogP contribution in [0.1, 0.15) is 30.4 Å². The van der Waals surface area contributed by atoms with Crippen molar-refractivity contribution >= 4 is 5.97 Å². The summed E-state index contributed by atoms with van der Waals surface area (Å²) in [5.41, 5.74) is 1.43. The van der Waals surface area contributed by atoms with Crippen LogP contribution in [-0.2, 0) is 10.2 Å². The molecule has 0 radical (unpaired) electrons. The molecule has 0 saturated carbocycles. The van der Waals surface area contributed by atoms with E-state index >= 15 is 0 Å². The molecule has 1 aromatic carbocycles. The number of nitrogens with zero attached hydrogens (tertiary/aromatic N) is 1. The highest BCUT2D eigenvalue weighted by molar-refractivity contribution is 5.81. The smallest absolute Gasteiger partial charge is 0.314 e. The Balaban J connectivity index is 2.37. The first-order valence-electron chi connectivity index (χ1n) is 6.54. The molecule has 18 heavy (non-hydrogen) atoms. The lowest BCUT2D eigenvalue weighted by atomic mass is 9.74. The summed E-state index contributed by atoms with van der Waals surface area (Å²) >= 11 is 0. The van der Waals surface area contributed by atoms with E-state index in [1.54, 1.807) is 0 Å². The highest BCUT2D eigenvalue weighted by Crippen LogP contribution is 2.35. The minimum absolute atomic E-state index is 0.679. The van der Waals surface area contributed by atoms with Gasteiger partial charge in [0.2, 0.25) is 0 Å². The molecule has 98 valence electrons. The summed E-state index contributed by atoms with van der Waals surface area (Å²) in [5, 5.41) is 9.70. The van der Waals surface area contributed by atoms with E-state index in [1.807, 2.05) is 31.2 Å². The van der Waals surface area contributed by atoms with Gasteiger partial charge in [0.25, 0.3) is 0 Å². The van der Waals surface area contributed by atoms with Gasteiger partial charge < -0.3 is 10.0 Å². The van der Waals surface area contributed by atoms with E-state index in [4.69, 9.17) is 0 Å². The van der Waals surface area contributed by atoms with Gasteiger partial charge in [0.15, 0.2) is 0 Å². The SMILES string of the molecule is Cc1ccc(C2(C(=O)O)CCCN(C)CC2)cc1. The Hall–Kier alpha value is -1.35. The van der Waals surface area contributed by atoms with Gasteiger partial charge in [-0.2, -0.15) is 0 Å². The Labute approximate surface area is 108 Å². The predicted molar refractivity (Wildman–Crippen MR) is 71.8 cm³/mol. The molecule has 3 nitrogen and oxygen atoms in total. The summed E-state index contributed by atoms with van der Waals surface area (Å²) in [5.74, 6) is -0.679. The third-order valence-electron chi connectivity index (χ3n) is 4.08. The van der Waals surface area contributed by atoms with Gasteiger partial charge in [-0.15, -0.1) is 0 Å². The van der Waals surface area contributed by atoms with E-state index in [1.165, 1.54) is 5.56 Å². The number of likely N-dealkylation sites (tertiary alicyclic amines) is 1. The Kier molecular flexibility index (Phi) is 3.71. The van der Waals surface area contributed by atoms with E-state index < -0.39 is 11.4 Å². The molecule has 1 fully saturated rings. The van der Waals surface area contributed by atoms with Gasteiger partial charge >= 0.3 is 5.97 Å². The van der Waals surface area contributed by atoms with Crippen molar-refractivity contribution in [3.63, 3.8) is 0 Å². The van der Waals surface area contributed by atoms with Crippen molar-refractivity contribution in [2.45, 2.75) is 31.6 Å². The predicted octanol–water partition coefficient (Wildman–Crippen LogP) is 2.43. The summed E-state index contributed by atoms with van der Waals surface area (Å²) < 4.78 is 0. The standard InChI is InChI=1S/C15H21NO2/c1-12-4-6-13(7-5-12)15(14(17)18)8-3-10-16(2)11-9-15/h4-7H,3,8-11H2,1-2H3,(H,17,18). The monoisotopic (exact) mass is 247 g/mol. The fourth-order valence-electron chi connectivity index (χ4n) is 2.77. The van der Waals surface area contributed by atoms with E-state index in [0.717, 1.165) is 31.5 Å². The van der Waals surface area contributed by atoms with Crippen LogP contribution < -0.4 is 0 Å². The molecule has 1 N–H and O–H groups in total. The van der Waals surface area contributed by atoms with Gasteiger partial charge in [0.1, 0.15) is 0 Å². The summed E-state index contributed by atoms with van der Waals surface area (Å²) in [6, 6.07) is 7.98. The lowest BCUT2D eigenvalue weighted by Gasteiger charge is -2.28. The van der Waals surface area contributed by atoms with Crippen molar-refractivity contribution in [1.29, 1.82) is 0 Å². The van der Waals surface area contributed by atoms with Crippen molar-refractivity contribution in [3.05, 3.63) is 35.4 Å². The van der Waals surface area contributed by atoms with Crippen LogP contribution in [0.5, 0.6) is 0 Å². The number of carbonyl (C=O) groups is 1. The molecule has 0 amide bonds. The third kappa shape index (κ3) is 2.41. The maximum Gasteiger partial charge on any atom is 0.314 e. The van der Waals surface area contributed by atoms with Gasteiger partial charge in [-0.1, -0.05) is 29.8 Å². The van der Waals surface area contributed by atoms with E-state index in [9.17, 15) is 9.90 Å². The van der Waals surface area contributed by atoms with Crippen molar-refractivity contribution in [1.82, 2.24) is 4.90 Å². The van der Waals surface area contributed by atoms with Crippen LogP contribution in [-0.4, -0.2) is 36.1 Å². The van der Waals surface area contributed by atoms with Gasteiger partial charge in [0, 0.05) is 0 Å². The fraction of sp³-hybridized carbons (Fsp3) is 0.533. The highest BCUT2D eigenvalue weighted by atomic mass is 16.4. The van der Waals surface area contributed by atoms with E-state index in [2.05, 4.69) is 11.9 Å². The Morgan fingerprint density at radius 2 is 1.89 bits per heavy atom. The summed E-state index contributed by atoms with van der Waals surface area (Å²) in [7, 11) is 2.06. The zero-order valence-corrected chi connectivity index (χ0v) is 11.1. The number of hydrogen-bond donors (Lipinski definition) is 1. The van der Waals surface area contributed by atoms with Crippen LogP contribution in [0.4, 0.5) is 0 Å². The molecule has 0 aromatic heterocycles. The lowest BCUT2D eigenvalue weighted by molar-refractivity contribution is -0.144. The quantitative estimate of drug-likeness (QED) is 0.872. The molecule has 0 spiro atoms. The molecule has 1 aliphatic rings. The molecule has 0 bridgehead atoms. The second-order valence-corrected chi connectivity index (χ2v) is 5.41. The van der Waals surface area contributed by atoms with Gasteiger partial charge in [-0.3, -0.25) is 4.79 Å². The van der Waals surface area contributed by atoms with Crippen LogP contribution in [0.2, 0.25) is 0 Å². The molecule has 1 atom stereocenters. The Morgan fingerprint density at radius 1 is 1.22 bits per heavy atom. The van der Waals surface area contributed by atoms with Crippen LogP contribution in [0.15, 0.2) is 24.3 Å². The molecule has 1 aliphatic heterocycles. The van der Waals surface area contributed by atoms with E-state index in [0.29, 0.717) is 6.42 Å². The minimum atomic E-state index is -0.696. The first-order chi connectivity index (χ1) is 8.54. The van der Waals surface area contributed by atoms with Crippen molar-refractivity contribution in [3.8, 4) is 0 Å². The average Bonchev–Trinajstić information content (AvgIpc) is 2.53. The summed E-state index contributed by atoms with van der Waals surface area (Å²) in [4.78, 5) is 14.0. The summed E-state index contributed by atoms with van der Waals surface area (Å²) in [6.07, 6.45) is 2.37. The van der Waals surface area contributed by atoms with Gasteiger partial charge in [-0.05, 0) is 51.9 Å². The molecule has 2 rings (SSSR count). The first kappa shape index (κ1) is 13.1. The highest BCUT2D eigenvalue weighted by Gasteiger charge is 2.40. The third-order valence-corrected chi connectivity index (χ3v) is 4.08. The normalized spacial score (nSPS) is 25.7. The van der Waals surface area contributed by atoms with Crippen LogP contribution in [0.25, 0.3) is 0 Å².